The maximum atomic E-state index is 12.6. The molecule has 2 N–H and O–H groups in total. The van der Waals surface area contributed by atoms with E-state index in [0.29, 0.717) is 12.1 Å². The first kappa shape index (κ1) is 20.2. The number of anilines is 2. The Labute approximate surface area is 160 Å². The van der Waals surface area contributed by atoms with Crippen molar-refractivity contribution in [2.75, 3.05) is 29.9 Å². The molecule has 0 aliphatic heterocycles. The molecule has 0 atom stereocenters. The van der Waals surface area contributed by atoms with Gasteiger partial charge >= 0.3 is 0 Å². The molecule has 6 nitrogen and oxygen atoms in total. The van der Waals surface area contributed by atoms with Crippen LogP contribution >= 0.6 is 0 Å². The summed E-state index contributed by atoms with van der Waals surface area (Å²) >= 11 is 0. The summed E-state index contributed by atoms with van der Waals surface area (Å²) in [7, 11) is 0. The largest absolute Gasteiger partial charge is 0.372 e. The average Bonchev–Trinajstić information content (AvgIpc) is 2.69. The molecule has 142 valence electrons. The van der Waals surface area contributed by atoms with E-state index in [2.05, 4.69) is 47.0 Å². The number of benzene rings is 1. The molecule has 0 aliphatic carbocycles. The molecule has 27 heavy (non-hydrogen) atoms. The lowest BCUT2D eigenvalue weighted by molar-refractivity contribution is 0.0958. The van der Waals surface area contributed by atoms with Crippen molar-refractivity contribution in [2.24, 2.45) is 0 Å². The lowest BCUT2D eigenvalue weighted by Crippen LogP contribution is -2.24. The molecular weight excluding hydrogens is 340 g/mol. The van der Waals surface area contributed by atoms with Gasteiger partial charge < -0.3 is 15.5 Å². The number of pyridine rings is 1. The number of carbonyl (C=O) groups excluding carboxylic acids is 2. The first-order valence-corrected chi connectivity index (χ1v) is 9.02. The predicted octanol–water partition coefficient (Wildman–Crippen LogP) is 3.40. The normalized spacial score (nSPS) is 10.2. The van der Waals surface area contributed by atoms with E-state index < -0.39 is 0 Å². The standard InChI is InChI=1S/C21H26N4O2/c1-5-11-23-20(26)16-10-12-22-19(14-16)21(27)24-18-9-8-17(13-15(18)4)25(6-2)7-3/h5,8-10,12-14H,1,6-7,11H2,2-4H3,(H,23,26)(H,24,27). The second kappa shape index (κ2) is 9.52. The van der Waals surface area contributed by atoms with E-state index in [0.717, 1.165) is 30.0 Å². The van der Waals surface area contributed by atoms with Gasteiger partial charge in [0.1, 0.15) is 5.69 Å². The van der Waals surface area contributed by atoms with E-state index in [9.17, 15) is 9.59 Å². The zero-order chi connectivity index (χ0) is 19.8. The molecule has 2 aromatic rings. The van der Waals surface area contributed by atoms with Crippen molar-refractivity contribution in [1.82, 2.24) is 10.3 Å². The number of nitrogens with one attached hydrogen (secondary N) is 2. The first-order chi connectivity index (χ1) is 13.0. The predicted molar refractivity (Wildman–Crippen MR) is 109 cm³/mol. The summed E-state index contributed by atoms with van der Waals surface area (Å²) in [6.07, 6.45) is 3.05. The minimum atomic E-state index is -0.355. The van der Waals surface area contributed by atoms with Crippen molar-refractivity contribution in [3.8, 4) is 0 Å². The number of carbonyl (C=O) groups is 2. The van der Waals surface area contributed by atoms with Crippen molar-refractivity contribution in [2.45, 2.75) is 20.8 Å². The van der Waals surface area contributed by atoms with Gasteiger partial charge in [0.15, 0.2) is 0 Å². The summed E-state index contributed by atoms with van der Waals surface area (Å²) in [5.41, 5.74) is 3.38. The van der Waals surface area contributed by atoms with Crippen molar-refractivity contribution >= 4 is 23.2 Å². The van der Waals surface area contributed by atoms with Crippen LogP contribution in [-0.4, -0.2) is 36.4 Å². The quantitative estimate of drug-likeness (QED) is 0.702. The molecule has 2 rings (SSSR count). The Hall–Kier alpha value is -3.15. The van der Waals surface area contributed by atoms with E-state index in [1.165, 1.54) is 12.3 Å². The highest BCUT2D eigenvalue weighted by Crippen LogP contribution is 2.23. The number of hydrogen-bond donors (Lipinski definition) is 2. The summed E-state index contributed by atoms with van der Waals surface area (Å²) in [4.78, 5) is 30.9. The van der Waals surface area contributed by atoms with Crippen molar-refractivity contribution in [3.05, 3.63) is 66.0 Å². The molecule has 0 saturated carbocycles. The van der Waals surface area contributed by atoms with Crippen LogP contribution in [0.5, 0.6) is 0 Å². The zero-order valence-electron chi connectivity index (χ0n) is 16.1. The van der Waals surface area contributed by atoms with Crippen LogP contribution in [0.25, 0.3) is 0 Å². The number of aromatic nitrogens is 1. The molecule has 2 amide bonds. The molecule has 1 aromatic heterocycles. The van der Waals surface area contributed by atoms with Gasteiger partial charge in [0.25, 0.3) is 11.8 Å². The third-order valence-electron chi connectivity index (χ3n) is 4.25. The van der Waals surface area contributed by atoms with Crippen molar-refractivity contribution in [1.29, 1.82) is 0 Å². The van der Waals surface area contributed by atoms with E-state index in [4.69, 9.17) is 0 Å². The van der Waals surface area contributed by atoms with Crippen LogP contribution in [-0.2, 0) is 0 Å². The minimum Gasteiger partial charge on any atom is -0.372 e. The molecule has 0 spiro atoms. The Kier molecular flexibility index (Phi) is 7.11. The van der Waals surface area contributed by atoms with Gasteiger partial charge in [-0.1, -0.05) is 6.08 Å². The maximum Gasteiger partial charge on any atom is 0.274 e. The summed E-state index contributed by atoms with van der Waals surface area (Å²) in [5.74, 6) is -0.627. The minimum absolute atomic E-state index is 0.188. The molecule has 0 fully saturated rings. The SMILES string of the molecule is C=CCNC(=O)c1ccnc(C(=O)Nc2ccc(N(CC)CC)cc2C)c1. The molecule has 1 heterocycles. The Morgan fingerprint density at radius 2 is 1.89 bits per heavy atom. The smallest absolute Gasteiger partial charge is 0.274 e. The highest BCUT2D eigenvalue weighted by Gasteiger charge is 2.13. The van der Waals surface area contributed by atoms with Crippen molar-refractivity contribution < 1.29 is 9.59 Å². The molecule has 0 aliphatic rings. The number of aryl methyl sites for hydroxylation is 1. The van der Waals surface area contributed by atoms with Gasteiger partial charge in [-0.05, 0) is 56.7 Å². The van der Waals surface area contributed by atoms with Gasteiger partial charge in [0.05, 0.1) is 0 Å². The fourth-order valence-corrected chi connectivity index (χ4v) is 2.72. The molecule has 0 saturated heterocycles. The van der Waals surface area contributed by atoms with Crippen LogP contribution in [0.2, 0.25) is 0 Å². The Morgan fingerprint density at radius 3 is 2.52 bits per heavy atom. The van der Waals surface area contributed by atoms with E-state index in [1.807, 2.05) is 19.1 Å². The number of nitrogens with zero attached hydrogens (tertiary/aromatic N) is 2. The number of amides is 2. The molecule has 0 bridgehead atoms. The van der Waals surface area contributed by atoms with Crippen LogP contribution < -0.4 is 15.5 Å². The fraction of sp³-hybridized carbons (Fsp3) is 0.286. The van der Waals surface area contributed by atoms with E-state index >= 15 is 0 Å². The second-order valence-corrected chi connectivity index (χ2v) is 6.05. The highest BCUT2D eigenvalue weighted by molar-refractivity contribution is 6.05. The third kappa shape index (κ3) is 5.17. The number of rotatable bonds is 8. The zero-order valence-corrected chi connectivity index (χ0v) is 16.1. The Bertz CT molecular complexity index is 829. The third-order valence-corrected chi connectivity index (χ3v) is 4.25. The highest BCUT2D eigenvalue weighted by atomic mass is 16.2. The lowest BCUT2D eigenvalue weighted by atomic mass is 10.1. The Balaban J connectivity index is 2.15. The summed E-state index contributed by atoms with van der Waals surface area (Å²) in [6.45, 7) is 11.9. The van der Waals surface area contributed by atoms with Crippen LogP contribution in [0.15, 0.2) is 49.2 Å². The van der Waals surface area contributed by atoms with Gasteiger partial charge in [-0.2, -0.15) is 0 Å². The van der Waals surface area contributed by atoms with Crippen LogP contribution in [0.3, 0.4) is 0 Å². The van der Waals surface area contributed by atoms with Crippen molar-refractivity contribution in [3.63, 3.8) is 0 Å². The summed E-state index contributed by atoms with van der Waals surface area (Å²) in [5, 5.41) is 5.55. The molecule has 6 heteroatoms. The second-order valence-electron chi connectivity index (χ2n) is 6.05. The van der Waals surface area contributed by atoms with Gasteiger partial charge in [-0.15, -0.1) is 6.58 Å². The molecule has 1 aromatic carbocycles. The molecular formula is C21H26N4O2. The Morgan fingerprint density at radius 1 is 1.15 bits per heavy atom. The topological polar surface area (TPSA) is 74.3 Å². The molecule has 0 radical (unpaired) electrons. The van der Waals surface area contributed by atoms with Gasteiger partial charge in [0, 0.05) is 42.8 Å². The average molecular weight is 366 g/mol. The monoisotopic (exact) mass is 366 g/mol. The van der Waals surface area contributed by atoms with Gasteiger partial charge in [-0.25, -0.2) is 0 Å². The van der Waals surface area contributed by atoms with E-state index in [-0.39, 0.29) is 17.5 Å². The van der Waals surface area contributed by atoms with Crippen LogP contribution in [0.1, 0.15) is 40.3 Å². The van der Waals surface area contributed by atoms with Crippen LogP contribution in [0.4, 0.5) is 11.4 Å². The summed E-state index contributed by atoms with van der Waals surface area (Å²) in [6, 6.07) is 8.98. The van der Waals surface area contributed by atoms with E-state index in [1.54, 1.807) is 12.1 Å². The van der Waals surface area contributed by atoms with Gasteiger partial charge in [0.2, 0.25) is 0 Å². The summed E-state index contributed by atoms with van der Waals surface area (Å²) < 4.78 is 0. The molecule has 0 unspecified atom stereocenters. The van der Waals surface area contributed by atoms with Crippen LogP contribution in [0, 0.1) is 6.92 Å². The maximum absolute atomic E-state index is 12.6. The lowest BCUT2D eigenvalue weighted by Gasteiger charge is -2.22. The number of hydrogen-bond acceptors (Lipinski definition) is 4. The first-order valence-electron chi connectivity index (χ1n) is 9.02. The van der Waals surface area contributed by atoms with Gasteiger partial charge in [-0.3, -0.25) is 14.6 Å². The fourth-order valence-electron chi connectivity index (χ4n) is 2.72.